The number of aromatic nitrogens is 1. The van der Waals surface area contributed by atoms with E-state index in [-0.39, 0.29) is 6.04 Å². The predicted octanol–water partition coefficient (Wildman–Crippen LogP) is 2.29. The van der Waals surface area contributed by atoms with E-state index in [2.05, 4.69) is 19.5 Å². The number of anilines is 1. The molecule has 0 aromatic carbocycles. The van der Waals surface area contributed by atoms with Gasteiger partial charge in [-0.05, 0) is 56.7 Å². The van der Waals surface area contributed by atoms with E-state index < -0.39 is 10.2 Å². The first-order chi connectivity index (χ1) is 14.4. The topological polar surface area (TPSA) is 81.9 Å². The molecule has 1 N–H and O–H groups in total. The number of fused-ring (bicyclic) bond motifs is 1. The highest BCUT2D eigenvalue weighted by Gasteiger charge is 2.27. The quantitative estimate of drug-likeness (QED) is 0.719. The fraction of sp³-hybridized carbons (Fsp3) is 0.667. The average Bonchev–Trinajstić information content (AvgIpc) is 3.22. The average molecular weight is 436 g/mol. The van der Waals surface area contributed by atoms with Crippen LogP contribution in [0, 0.1) is 5.92 Å². The molecule has 1 saturated carbocycles. The van der Waals surface area contributed by atoms with Gasteiger partial charge in [-0.3, -0.25) is 4.90 Å². The lowest BCUT2D eigenvalue weighted by molar-refractivity contribution is 0.214. The molecule has 3 heterocycles. The summed E-state index contributed by atoms with van der Waals surface area (Å²) < 4.78 is 33.6. The van der Waals surface area contributed by atoms with Gasteiger partial charge in [0.2, 0.25) is 0 Å². The highest BCUT2D eigenvalue weighted by Crippen LogP contribution is 2.29. The molecule has 0 spiro atoms. The number of piperazine rings is 1. The Bertz CT molecular complexity index is 929. The fourth-order valence-corrected chi connectivity index (χ4v) is 5.43. The molecule has 2 aromatic heterocycles. The minimum atomic E-state index is -3.32. The Balaban J connectivity index is 1.19. The van der Waals surface area contributed by atoms with Crippen LogP contribution in [0.25, 0.3) is 11.0 Å². The summed E-state index contributed by atoms with van der Waals surface area (Å²) in [5.74, 6) is 1.73. The molecule has 9 heteroatoms. The first-order valence-corrected chi connectivity index (χ1v) is 12.4. The van der Waals surface area contributed by atoms with E-state index in [1.807, 2.05) is 18.3 Å². The normalized spacial score (nSPS) is 24.0. The Morgan fingerprint density at radius 2 is 1.87 bits per heavy atom. The number of nitrogens with zero attached hydrogens (tertiary/aromatic N) is 4. The van der Waals surface area contributed by atoms with Crippen molar-refractivity contribution in [1.29, 1.82) is 0 Å². The van der Waals surface area contributed by atoms with Crippen molar-refractivity contribution in [2.45, 2.75) is 38.1 Å². The molecule has 2 aliphatic rings. The molecule has 0 unspecified atom stereocenters. The van der Waals surface area contributed by atoms with Gasteiger partial charge in [-0.1, -0.05) is 0 Å². The summed E-state index contributed by atoms with van der Waals surface area (Å²) in [6, 6.07) is 3.99. The molecule has 0 atom stereocenters. The van der Waals surface area contributed by atoms with Crippen LogP contribution in [0.15, 0.2) is 29.0 Å². The maximum Gasteiger partial charge on any atom is 0.279 e. The van der Waals surface area contributed by atoms with Gasteiger partial charge in [-0.2, -0.15) is 17.4 Å². The van der Waals surface area contributed by atoms with Gasteiger partial charge in [0.25, 0.3) is 10.2 Å². The molecular formula is C21H33N5O3S. The zero-order valence-corrected chi connectivity index (χ0v) is 18.8. The molecule has 0 bridgehead atoms. The van der Waals surface area contributed by atoms with Crippen LogP contribution in [-0.4, -0.2) is 75.5 Å². The van der Waals surface area contributed by atoms with E-state index in [1.54, 1.807) is 20.4 Å². The highest BCUT2D eigenvalue weighted by atomic mass is 32.2. The van der Waals surface area contributed by atoms with Gasteiger partial charge in [-0.25, -0.2) is 4.98 Å². The van der Waals surface area contributed by atoms with Crippen LogP contribution in [0.1, 0.15) is 32.1 Å². The molecule has 8 nitrogen and oxygen atoms in total. The lowest BCUT2D eigenvalue weighted by Crippen LogP contribution is -2.47. The van der Waals surface area contributed by atoms with E-state index in [4.69, 9.17) is 4.42 Å². The second-order valence-electron chi connectivity index (χ2n) is 8.71. The Hall–Kier alpha value is -1.68. The minimum Gasteiger partial charge on any atom is -0.464 e. The molecule has 1 aliphatic carbocycles. The summed E-state index contributed by atoms with van der Waals surface area (Å²) in [7, 11) is -0.186. The molecule has 30 heavy (non-hydrogen) atoms. The Morgan fingerprint density at radius 1 is 1.13 bits per heavy atom. The second-order valence-corrected chi connectivity index (χ2v) is 10.6. The van der Waals surface area contributed by atoms with Crippen molar-refractivity contribution >= 4 is 27.0 Å². The van der Waals surface area contributed by atoms with Crippen LogP contribution in [-0.2, 0) is 10.2 Å². The van der Waals surface area contributed by atoms with E-state index in [1.165, 1.54) is 10.7 Å². The van der Waals surface area contributed by atoms with Gasteiger partial charge in [0.1, 0.15) is 11.4 Å². The van der Waals surface area contributed by atoms with Crippen LogP contribution in [0.3, 0.4) is 0 Å². The van der Waals surface area contributed by atoms with Crippen LogP contribution < -0.4 is 9.62 Å². The maximum absolute atomic E-state index is 12.0. The van der Waals surface area contributed by atoms with Gasteiger partial charge in [-0.15, -0.1) is 0 Å². The first kappa shape index (κ1) is 21.5. The third kappa shape index (κ3) is 4.96. The standard InChI is InChI=1S/C21H33N5O3S/c1-24(2)30(27,28)23-18-5-3-17(4-6-18)8-11-25-12-14-26(15-13-25)21-19-9-16-29-20(19)7-10-22-21/h7,9-10,16-18,23H,3-6,8,11-15H2,1-2H3/t17-,18-. The zero-order chi connectivity index (χ0) is 21.1. The lowest BCUT2D eigenvalue weighted by atomic mass is 9.84. The molecule has 4 rings (SSSR count). The van der Waals surface area contributed by atoms with Gasteiger partial charge < -0.3 is 9.32 Å². The van der Waals surface area contributed by atoms with Crippen LogP contribution in [0.2, 0.25) is 0 Å². The second kappa shape index (κ2) is 9.21. The molecule has 2 aromatic rings. The molecule has 2 fully saturated rings. The van der Waals surface area contributed by atoms with Gasteiger partial charge in [0, 0.05) is 52.5 Å². The van der Waals surface area contributed by atoms with E-state index in [0.29, 0.717) is 5.92 Å². The largest absolute Gasteiger partial charge is 0.464 e. The van der Waals surface area contributed by atoms with Gasteiger partial charge >= 0.3 is 0 Å². The molecule has 0 radical (unpaired) electrons. The number of nitrogens with one attached hydrogen (secondary N) is 1. The van der Waals surface area contributed by atoms with Crippen molar-refractivity contribution in [2.24, 2.45) is 5.92 Å². The number of hydrogen-bond acceptors (Lipinski definition) is 6. The van der Waals surface area contributed by atoms with Crippen molar-refractivity contribution in [3.8, 4) is 0 Å². The number of rotatable bonds is 7. The van der Waals surface area contributed by atoms with Crippen molar-refractivity contribution in [3.63, 3.8) is 0 Å². The first-order valence-electron chi connectivity index (χ1n) is 10.9. The Labute approximate surface area is 179 Å². The van der Waals surface area contributed by atoms with Crippen LogP contribution >= 0.6 is 0 Å². The van der Waals surface area contributed by atoms with E-state index >= 15 is 0 Å². The molecule has 0 amide bonds. The maximum atomic E-state index is 12.0. The zero-order valence-electron chi connectivity index (χ0n) is 18.0. The third-order valence-electron chi connectivity index (χ3n) is 6.53. The predicted molar refractivity (Wildman–Crippen MR) is 119 cm³/mol. The smallest absolute Gasteiger partial charge is 0.279 e. The number of furan rings is 1. The summed E-state index contributed by atoms with van der Waals surface area (Å²) in [4.78, 5) is 9.49. The SMILES string of the molecule is CN(C)S(=O)(=O)N[C@H]1CC[C@H](CCN2CCN(c3nccc4occc34)CC2)CC1. The molecule has 1 aliphatic heterocycles. The molecule has 1 saturated heterocycles. The summed E-state index contributed by atoms with van der Waals surface area (Å²) in [6.45, 7) is 5.18. The van der Waals surface area contributed by atoms with Gasteiger partial charge in [0.15, 0.2) is 0 Å². The fourth-order valence-electron chi connectivity index (χ4n) is 4.57. The summed E-state index contributed by atoms with van der Waals surface area (Å²) >= 11 is 0. The summed E-state index contributed by atoms with van der Waals surface area (Å²) in [5, 5.41) is 1.09. The number of hydrogen-bond donors (Lipinski definition) is 1. The Kier molecular flexibility index (Phi) is 6.62. The van der Waals surface area contributed by atoms with Crippen molar-refractivity contribution < 1.29 is 12.8 Å². The number of pyridine rings is 1. The lowest BCUT2D eigenvalue weighted by Gasteiger charge is -2.37. The summed E-state index contributed by atoms with van der Waals surface area (Å²) in [5.41, 5.74) is 0.894. The minimum absolute atomic E-state index is 0.0790. The Morgan fingerprint density at radius 3 is 2.57 bits per heavy atom. The molecule has 166 valence electrons. The third-order valence-corrected chi connectivity index (χ3v) is 8.12. The van der Waals surface area contributed by atoms with Crippen LogP contribution in [0.4, 0.5) is 5.82 Å². The molecular weight excluding hydrogens is 402 g/mol. The van der Waals surface area contributed by atoms with E-state index in [9.17, 15) is 8.42 Å². The van der Waals surface area contributed by atoms with Gasteiger partial charge in [0.05, 0.1) is 11.6 Å². The monoisotopic (exact) mass is 435 g/mol. The van der Waals surface area contributed by atoms with E-state index in [0.717, 1.165) is 75.2 Å². The summed E-state index contributed by atoms with van der Waals surface area (Å²) in [6.07, 6.45) is 8.83. The van der Waals surface area contributed by atoms with Crippen molar-refractivity contribution in [2.75, 3.05) is 51.7 Å². The van der Waals surface area contributed by atoms with Crippen molar-refractivity contribution in [3.05, 3.63) is 24.6 Å². The van der Waals surface area contributed by atoms with Crippen molar-refractivity contribution in [1.82, 2.24) is 18.9 Å². The van der Waals surface area contributed by atoms with Crippen LogP contribution in [0.5, 0.6) is 0 Å². The highest BCUT2D eigenvalue weighted by molar-refractivity contribution is 7.87.